The number of nitrogens with zero attached hydrogens (tertiary/aromatic N) is 2. The number of hydrogen-bond donors (Lipinski definition) is 1. The van der Waals surface area contributed by atoms with E-state index in [9.17, 15) is 0 Å². The number of rotatable bonds is 6. The maximum absolute atomic E-state index is 5.66. The van der Waals surface area contributed by atoms with Gasteiger partial charge in [0.05, 0.1) is 0 Å². The summed E-state index contributed by atoms with van der Waals surface area (Å²) in [6.45, 7) is 15.0. The lowest BCUT2D eigenvalue weighted by Gasteiger charge is -2.36. The monoisotopic (exact) mass is 227 g/mol. The normalized spacial score (nSPS) is 21.6. The van der Waals surface area contributed by atoms with E-state index in [-0.39, 0.29) is 0 Å². The molecular formula is C13H29N3. The molecule has 0 spiro atoms. The predicted octanol–water partition coefficient (Wildman–Crippen LogP) is 1.24. The Kier molecular flexibility index (Phi) is 6.32. The van der Waals surface area contributed by atoms with Crippen LogP contribution in [0.25, 0.3) is 0 Å². The third-order valence-electron chi connectivity index (χ3n) is 3.46. The van der Waals surface area contributed by atoms with Gasteiger partial charge in [0, 0.05) is 32.7 Å². The van der Waals surface area contributed by atoms with Gasteiger partial charge in [-0.1, -0.05) is 20.8 Å². The molecule has 0 bridgehead atoms. The Labute approximate surface area is 101 Å². The summed E-state index contributed by atoms with van der Waals surface area (Å²) in [6, 6.07) is 0. The van der Waals surface area contributed by atoms with E-state index in [2.05, 4.69) is 30.6 Å². The molecule has 1 atom stereocenters. The van der Waals surface area contributed by atoms with Crippen LogP contribution in [0.4, 0.5) is 0 Å². The fourth-order valence-corrected chi connectivity index (χ4v) is 2.15. The molecule has 3 nitrogen and oxygen atoms in total. The molecule has 1 heterocycles. The van der Waals surface area contributed by atoms with Gasteiger partial charge in [-0.3, -0.25) is 0 Å². The Morgan fingerprint density at radius 2 is 1.56 bits per heavy atom. The standard InChI is InChI=1S/C13H29N3/c1-12(2)4-5-15-6-8-16(9-7-15)11-13(3)10-14/h12-13H,4-11,14H2,1-3H3. The first-order valence-electron chi connectivity index (χ1n) is 6.76. The number of nitrogens with two attached hydrogens (primary N) is 1. The molecule has 96 valence electrons. The van der Waals surface area contributed by atoms with Crippen LogP contribution in [-0.4, -0.2) is 55.6 Å². The molecule has 0 radical (unpaired) electrons. The zero-order valence-corrected chi connectivity index (χ0v) is 11.3. The van der Waals surface area contributed by atoms with Crippen LogP contribution in [-0.2, 0) is 0 Å². The Bertz CT molecular complexity index is 174. The van der Waals surface area contributed by atoms with E-state index in [4.69, 9.17) is 5.73 Å². The van der Waals surface area contributed by atoms with E-state index >= 15 is 0 Å². The van der Waals surface area contributed by atoms with Crippen molar-refractivity contribution in [2.75, 3.05) is 45.8 Å². The van der Waals surface area contributed by atoms with Gasteiger partial charge in [-0.2, -0.15) is 0 Å². The Morgan fingerprint density at radius 3 is 2.06 bits per heavy atom. The molecule has 0 aromatic rings. The topological polar surface area (TPSA) is 32.5 Å². The first-order chi connectivity index (χ1) is 7.61. The van der Waals surface area contributed by atoms with Gasteiger partial charge in [0.25, 0.3) is 0 Å². The zero-order valence-electron chi connectivity index (χ0n) is 11.3. The van der Waals surface area contributed by atoms with E-state index < -0.39 is 0 Å². The highest BCUT2D eigenvalue weighted by Gasteiger charge is 2.17. The minimum Gasteiger partial charge on any atom is -0.330 e. The van der Waals surface area contributed by atoms with Crippen LogP contribution >= 0.6 is 0 Å². The second-order valence-corrected chi connectivity index (χ2v) is 5.67. The fraction of sp³-hybridized carbons (Fsp3) is 1.00. The summed E-state index contributed by atoms with van der Waals surface area (Å²) in [5, 5.41) is 0. The van der Waals surface area contributed by atoms with Crippen molar-refractivity contribution in [2.45, 2.75) is 27.2 Å². The average Bonchev–Trinajstić information content (AvgIpc) is 2.28. The molecule has 1 unspecified atom stereocenters. The molecule has 1 aliphatic heterocycles. The van der Waals surface area contributed by atoms with Gasteiger partial charge < -0.3 is 15.5 Å². The molecule has 1 fully saturated rings. The van der Waals surface area contributed by atoms with Gasteiger partial charge >= 0.3 is 0 Å². The molecule has 1 rings (SSSR count). The summed E-state index contributed by atoms with van der Waals surface area (Å²) in [7, 11) is 0. The zero-order chi connectivity index (χ0) is 12.0. The van der Waals surface area contributed by atoms with E-state index in [0.717, 1.165) is 12.5 Å². The SMILES string of the molecule is CC(C)CCN1CCN(CC(C)CN)CC1. The fourth-order valence-electron chi connectivity index (χ4n) is 2.15. The van der Waals surface area contributed by atoms with Crippen molar-refractivity contribution < 1.29 is 0 Å². The smallest absolute Gasteiger partial charge is 0.0110 e. The molecule has 1 saturated heterocycles. The molecular weight excluding hydrogens is 198 g/mol. The molecule has 0 aromatic heterocycles. The van der Waals surface area contributed by atoms with Crippen molar-refractivity contribution in [3.05, 3.63) is 0 Å². The summed E-state index contributed by atoms with van der Waals surface area (Å²) in [4.78, 5) is 5.16. The average molecular weight is 227 g/mol. The maximum atomic E-state index is 5.66. The van der Waals surface area contributed by atoms with Crippen LogP contribution in [0.15, 0.2) is 0 Å². The quantitative estimate of drug-likeness (QED) is 0.741. The first-order valence-corrected chi connectivity index (χ1v) is 6.76. The Hall–Kier alpha value is -0.120. The summed E-state index contributed by atoms with van der Waals surface area (Å²) < 4.78 is 0. The second kappa shape index (κ2) is 7.25. The van der Waals surface area contributed by atoms with Crippen molar-refractivity contribution in [3.8, 4) is 0 Å². The summed E-state index contributed by atoms with van der Waals surface area (Å²) in [5.41, 5.74) is 5.66. The number of hydrogen-bond acceptors (Lipinski definition) is 3. The number of piperazine rings is 1. The highest BCUT2D eigenvalue weighted by Crippen LogP contribution is 2.07. The molecule has 3 heteroatoms. The van der Waals surface area contributed by atoms with Crippen molar-refractivity contribution in [1.82, 2.24) is 9.80 Å². The van der Waals surface area contributed by atoms with Gasteiger partial charge in [0.1, 0.15) is 0 Å². The minimum atomic E-state index is 0.641. The Balaban J connectivity index is 2.13. The molecule has 2 N–H and O–H groups in total. The lowest BCUT2D eigenvalue weighted by atomic mass is 10.1. The van der Waals surface area contributed by atoms with Crippen LogP contribution in [0.1, 0.15) is 27.2 Å². The maximum Gasteiger partial charge on any atom is 0.0110 e. The van der Waals surface area contributed by atoms with E-state index in [1.54, 1.807) is 0 Å². The van der Waals surface area contributed by atoms with Gasteiger partial charge in [0.2, 0.25) is 0 Å². The minimum absolute atomic E-state index is 0.641. The lowest BCUT2D eigenvalue weighted by Crippen LogP contribution is -2.48. The first kappa shape index (κ1) is 13.9. The molecule has 0 aromatic carbocycles. The summed E-state index contributed by atoms with van der Waals surface area (Å²) in [5.74, 6) is 1.47. The van der Waals surface area contributed by atoms with Crippen LogP contribution in [0.3, 0.4) is 0 Å². The van der Waals surface area contributed by atoms with E-state index in [0.29, 0.717) is 5.92 Å². The molecule has 0 aliphatic carbocycles. The Morgan fingerprint density at radius 1 is 1.00 bits per heavy atom. The third kappa shape index (κ3) is 5.28. The lowest BCUT2D eigenvalue weighted by molar-refractivity contribution is 0.117. The van der Waals surface area contributed by atoms with Crippen LogP contribution in [0.2, 0.25) is 0 Å². The summed E-state index contributed by atoms with van der Waals surface area (Å²) in [6.07, 6.45) is 1.33. The van der Waals surface area contributed by atoms with Crippen molar-refractivity contribution in [3.63, 3.8) is 0 Å². The molecule has 1 aliphatic rings. The van der Waals surface area contributed by atoms with E-state index in [1.165, 1.54) is 45.7 Å². The molecule has 16 heavy (non-hydrogen) atoms. The highest BCUT2D eigenvalue weighted by atomic mass is 15.3. The third-order valence-corrected chi connectivity index (χ3v) is 3.46. The van der Waals surface area contributed by atoms with Crippen LogP contribution in [0, 0.1) is 11.8 Å². The summed E-state index contributed by atoms with van der Waals surface area (Å²) >= 11 is 0. The molecule has 0 amide bonds. The van der Waals surface area contributed by atoms with Gasteiger partial charge in [-0.15, -0.1) is 0 Å². The van der Waals surface area contributed by atoms with Crippen molar-refractivity contribution in [2.24, 2.45) is 17.6 Å². The van der Waals surface area contributed by atoms with Crippen LogP contribution < -0.4 is 5.73 Å². The van der Waals surface area contributed by atoms with E-state index in [1.807, 2.05) is 0 Å². The second-order valence-electron chi connectivity index (χ2n) is 5.67. The van der Waals surface area contributed by atoms with Gasteiger partial charge in [-0.25, -0.2) is 0 Å². The van der Waals surface area contributed by atoms with Crippen molar-refractivity contribution >= 4 is 0 Å². The molecule has 0 saturated carbocycles. The van der Waals surface area contributed by atoms with Gasteiger partial charge in [-0.05, 0) is 31.3 Å². The highest BCUT2D eigenvalue weighted by molar-refractivity contribution is 4.73. The van der Waals surface area contributed by atoms with Crippen molar-refractivity contribution in [1.29, 1.82) is 0 Å². The predicted molar refractivity (Wildman–Crippen MR) is 70.6 cm³/mol. The largest absolute Gasteiger partial charge is 0.330 e. The van der Waals surface area contributed by atoms with Gasteiger partial charge in [0.15, 0.2) is 0 Å². The van der Waals surface area contributed by atoms with Crippen LogP contribution in [0.5, 0.6) is 0 Å².